The molecule has 8 heteroatoms. The maximum absolute atomic E-state index is 14.0. The Bertz CT molecular complexity index is 1340. The fraction of sp³-hybridized carbons (Fsp3) is 0.346. The predicted molar refractivity (Wildman–Crippen MR) is 133 cm³/mol. The molecular weight excluding hydrogens is 450 g/mol. The van der Waals surface area contributed by atoms with Crippen LogP contribution < -0.4 is 14.4 Å². The molecule has 0 bridgehead atoms. The first kappa shape index (κ1) is 22.7. The molecule has 7 nitrogen and oxygen atoms in total. The van der Waals surface area contributed by atoms with E-state index in [1.54, 1.807) is 31.4 Å². The van der Waals surface area contributed by atoms with Crippen LogP contribution in [-0.4, -0.2) is 59.1 Å². The van der Waals surface area contributed by atoms with E-state index in [0.29, 0.717) is 16.8 Å². The van der Waals surface area contributed by atoms with E-state index < -0.39 is 15.9 Å². The number of amides is 1. The van der Waals surface area contributed by atoms with Gasteiger partial charge in [-0.25, -0.2) is 8.42 Å². The van der Waals surface area contributed by atoms with E-state index in [0.717, 1.165) is 36.9 Å². The van der Waals surface area contributed by atoms with E-state index in [4.69, 9.17) is 4.74 Å². The topological polar surface area (TPSA) is 79.0 Å². The van der Waals surface area contributed by atoms with Gasteiger partial charge in [-0.1, -0.05) is 42.5 Å². The summed E-state index contributed by atoms with van der Waals surface area (Å²) < 4.78 is 34.7. The molecule has 1 amide bonds. The third-order valence-electron chi connectivity index (χ3n) is 6.85. The smallest absolute Gasteiger partial charge is 0.264 e. The van der Waals surface area contributed by atoms with Crippen LogP contribution in [0.3, 0.4) is 0 Å². The van der Waals surface area contributed by atoms with Gasteiger partial charge in [-0.15, -0.1) is 0 Å². The Morgan fingerprint density at radius 3 is 2.50 bits per heavy atom. The van der Waals surface area contributed by atoms with Crippen LogP contribution in [0, 0.1) is 0 Å². The average Bonchev–Trinajstić information content (AvgIpc) is 3.24. The van der Waals surface area contributed by atoms with Gasteiger partial charge in [-0.2, -0.15) is 0 Å². The number of fused-ring (bicyclic) bond motifs is 2. The SMILES string of the molecule is COc1ccc(S(=O)(=O)N2CC(C(=O)NC3CCCN(C)C3)c3ccccc32)c2ccccc12. The molecule has 2 atom stereocenters. The van der Waals surface area contributed by atoms with Gasteiger partial charge in [-0.3, -0.25) is 9.10 Å². The van der Waals surface area contributed by atoms with Crippen molar-refractivity contribution in [3.8, 4) is 5.75 Å². The van der Waals surface area contributed by atoms with Crippen molar-refractivity contribution in [1.29, 1.82) is 0 Å². The van der Waals surface area contributed by atoms with Crippen molar-refractivity contribution in [2.45, 2.75) is 29.7 Å². The third kappa shape index (κ3) is 3.91. The predicted octanol–water partition coefficient (Wildman–Crippen LogP) is 3.35. The largest absolute Gasteiger partial charge is 0.496 e. The van der Waals surface area contributed by atoms with Gasteiger partial charge in [-0.05, 0) is 50.2 Å². The molecule has 2 heterocycles. The van der Waals surface area contributed by atoms with Crippen molar-refractivity contribution < 1.29 is 17.9 Å². The molecule has 2 unspecified atom stereocenters. The molecule has 178 valence electrons. The van der Waals surface area contributed by atoms with Crippen molar-refractivity contribution in [2.75, 3.05) is 38.1 Å². The molecule has 0 radical (unpaired) electrons. The molecule has 1 saturated heterocycles. The first-order valence-electron chi connectivity index (χ1n) is 11.6. The van der Waals surface area contributed by atoms with Crippen LogP contribution in [0.5, 0.6) is 5.75 Å². The highest BCUT2D eigenvalue weighted by Crippen LogP contribution is 2.41. The second-order valence-electron chi connectivity index (χ2n) is 9.07. The number of hydrogen-bond donors (Lipinski definition) is 1. The van der Waals surface area contributed by atoms with Crippen LogP contribution in [0.1, 0.15) is 24.3 Å². The number of anilines is 1. The minimum absolute atomic E-state index is 0.0783. The number of piperidine rings is 1. The normalized spacial score (nSPS) is 20.8. The van der Waals surface area contributed by atoms with Crippen molar-refractivity contribution in [3.05, 3.63) is 66.2 Å². The summed E-state index contributed by atoms with van der Waals surface area (Å²) in [5.74, 6) is -0.0566. The molecule has 0 spiro atoms. The standard InChI is InChI=1S/C26H29N3O4S/c1-28-15-7-8-18(16-28)27-26(30)22-17-29(23-12-6-5-9-19(22)23)34(31,32)25-14-13-24(33-2)20-10-3-4-11-21(20)25/h3-6,9-14,18,22H,7-8,15-17H2,1-2H3,(H,27,30). The van der Waals surface area contributed by atoms with Crippen LogP contribution in [0.25, 0.3) is 10.8 Å². The lowest BCUT2D eigenvalue weighted by Gasteiger charge is -2.31. The highest BCUT2D eigenvalue weighted by molar-refractivity contribution is 7.93. The lowest BCUT2D eigenvalue weighted by Crippen LogP contribution is -2.48. The number of likely N-dealkylation sites (N-methyl/N-ethyl adjacent to an activating group) is 1. The molecule has 3 aromatic rings. The van der Waals surface area contributed by atoms with E-state index >= 15 is 0 Å². The van der Waals surface area contributed by atoms with Crippen LogP contribution in [0.4, 0.5) is 5.69 Å². The summed E-state index contributed by atoms with van der Waals surface area (Å²) in [6.07, 6.45) is 1.97. The van der Waals surface area contributed by atoms with E-state index in [-0.39, 0.29) is 23.4 Å². The molecule has 5 rings (SSSR count). The average molecular weight is 480 g/mol. The molecule has 3 aromatic carbocycles. The van der Waals surface area contributed by atoms with Crippen LogP contribution in [-0.2, 0) is 14.8 Å². The molecule has 2 aliphatic rings. The van der Waals surface area contributed by atoms with Crippen molar-refractivity contribution in [1.82, 2.24) is 10.2 Å². The number of carbonyl (C=O) groups excluding carboxylic acids is 1. The summed E-state index contributed by atoms with van der Waals surface area (Å²) in [6, 6.07) is 18.0. The van der Waals surface area contributed by atoms with E-state index in [1.807, 2.05) is 36.4 Å². The van der Waals surface area contributed by atoms with Gasteiger partial charge in [0.15, 0.2) is 0 Å². The summed E-state index contributed by atoms with van der Waals surface area (Å²) in [7, 11) is -0.301. The summed E-state index contributed by atoms with van der Waals surface area (Å²) in [6.45, 7) is 1.91. The number of sulfonamides is 1. The number of likely N-dealkylation sites (tertiary alicyclic amines) is 1. The molecule has 34 heavy (non-hydrogen) atoms. The van der Waals surface area contributed by atoms with E-state index in [2.05, 4.69) is 17.3 Å². The molecule has 1 fully saturated rings. The monoisotopic (exact) mass is 479 g/mol. The molecule has 1 N–H and O–H groups in total. The number of nitrogens with zero attached hydrogens (tertiary/aromatic N) is 2. The zero-order valence-electron chi connectivity index (χ0n) is 19.4. The molecular formula is C26H29N3O4S. The lowest BCUT2D eigenvalue weighted by atomic mass is 9.99. The minimum Gasteiger partial charge on any atom is -0.496 e. The van der Waals surface area contributed by atoms with Gasteiger partial charge in [0.25, 0.3) is 10.0 Å². The Morgan fingerprint density at radius 1 is 1.00 bits per heavy atom. The number of nitrogens with one attached hydrogen (secondary N) is 1. The first-order chi connectivity index (χ1) is 16.4. The van der Waals surface area contributed by atoms with Gasteiger partial charge < -0.3 is 15.0 Å². The van der Waals surface area contributed by atoms with Gasteiger partial charge in [0.1, 0.15) is 5.75 Å². The fourth-order valence-corrected chi connectivity index (χ4v) is 6.88. The second kappa shape index (κ2) is 8.92. The summed E-state index contributed by atoms with van der Waals surface area (Å²) in [4.78, 5) is 15.7. The second-order valence-corrected chi connectivity index (χ2v) is 10.9. The Labute approximate surface area is 200 Å². The molecule has 0 aliphatic carbocycles. The maximum Gasteiger partial charge on any atom is 0.264 e. The number of hydrogen-bond acceptors (Lipinski definition) is 5. The number of rotatable bonds is 5. The minimum atomic E-state index is -3.92. The maximum atomic E-state index is 14.0. The van der Waals surface area contributed by atoms with Gasteiger partial charge in [0, 0.05) is 23.4 Å². The van der Waals surface area contributed by atoms with Gasteiger partial charge in [0.2, 0.25) is 5.91 Å². The Morgan fingerprint density at radius 2 is 1.74 bits per heavy atom. The lowest BCUT2D eigenvalue weighted by molar-refractivity contribution is -0.123. The Hall–Kier alpha value is -3.10. The number of para-hydroxylation sites is 1. The van der Waals surface area contributed by atoms with Crippen molar-refractivity contribution in [2.24, 2.45) is 0 Å². The quantitative estimate of drug-likeness (QED) is 0.607. The van der Waals surface area contributed by atoms with Crippen LogP contribution >= 0.6 is 0 Å². The molecule has 0 saturated carbocycles. The number of benzene rings is 3. The van der Waals surface area contributed by atoms with Crippen molar-refractivity contribution >= 4 is 32.4 Å². The number of carbonyl (C=O) groups is 1. The van der Waals surface area contributed by atoms with Crippen LogP contribution in [0.15, 0.2) is 65.6 Å². The zero-order valence-corrected chi connectivity index (χ0v) is 20.2. The van der Waals surface area contributed by atoms with Crippen molar-refractivity contribution in [3.63, 3.8) is 0 Å². The van der Waals surface area contributed by atoms with Crippen LogP contribution in [0.2, 0.25) is 0 Å². The molecule has 0 aromatic heterocycles. The summed E-state index contributed by atoms with van der Waals surface area (Å²) in [5, 5.41) is 4.50. The number of methoxy groups -OCH3 is 1. The highest BCUT2D eigenvalue weighted by Gasteiger charge is 2.40. The van der Waals surface area contributed by atoms with E-state index in [1.165, 1.54) is 4.31 Å². The highest BCUT2D eigenvalue weighted by atomic mass is 32.2. The first-order valence-corrected chi connectivity index (χ1v) is 13.0. The molecule has 2 aliphatic heterocycles. The van der Waals surface area contributed by atoms with Gasteiger partial charge in [0.05, 0.1) is 30.2 Å². The summed E-state index contributed by atoms with van der Waals surface area (Å²) in [5.41, 5.74) is 1.30. The van der Waals surface area contributed by atoms with Gasteiger partial charge >= 0.3 is 0 Å². The third-order valence-corrected chi connectivity index (χ3v) is 8.69. The van der Waals surface area contributed by atoms with E-state index in [9.17, 15) is 13.2 Å². The summed E-state index contributed by atoms with van der Waals surface area (Å²) >= 11 is 0. The fourth-order valence-electron chi connectivity index (χ4n) is 5.18. The Balaban J connectivity index is 1.50. The number of ether oxygens (including phenoxy) is 1. The Kier molecular flexibility index (Phi) is 5.95. The zero-order chi connectivity index (χ0) is 23.9.